The minimum absolute atomic E-state index is 0.149. The van der Waals surface area contributed by atoms with E-state index >= 15 is 0 Å². The van der Waals surface area contributed by atoms with Crippen LogP contribution in [0.3, 0.4) is 0 Å². The molecule has 0 aromatic carbocycles. The number of unbranched alkanes of at least 4 members (excludes halogenated alkanes) is 1. The molecule has 0 unspecified atom stereocenters. The molecule has 0 fully saturated rings. The largest absolute Gasteiger partial charge is 0.392 e. The molecule has 0 aliphatic heterocycles. The lowest BCUT2D eigenvalue weighted by atomic mass is 10.2. The van der Waals surface area contributed by atoms with Crippen LogP contribution in [0.25, 0.3) is 0 Å². The van der Waals surface area contributed by atoms with Gasteiger partial charge < -0.3 is 10.4 Å². The maximum atomic E-state index is 11.6. The van der Waals surface area contributed by atoms with Gasteiger partial charge in [-0.05, 0) is 26.3 Å². The average Bonchev–Trinajstić information content (AvgIpc) is 1.93. The maximum Gasteiger partial charge on any atom is 0.389 e. The van der Waals surface area contributed by atoms with Crippen LogP contribution in [0.15, 0.2) is 0 Å². The Labute approximate surface area is 76.1 Å². The number of rotatable bonds is 6. The van der Waals surface area contributed by atoms with Gasteiger partial charge in [0.2, 0.25) is 0 Å². The summed E-state index contributed by atoms with van der Waals surface area (Å²) in [5.41, 5.74) is 0. The number of halogens is 3. The first kappa shape index (κ1) is 12.7. The molecule has 0 heterocycles. The Morgan fingerprint density at radius 2 is 1.92 bits per heavy atom. The quantitative estimate of drug-likeness (QED) is 0.638. The third kappa shape index (κ3) is 11.7. The zero-order chi connectivity index (χ0) is 10.3. The second-order valence-electron chi connectivity index (χ2n) is 3.13. The predicted octanol–water partition coefficient (Wildman–Crippen LogP) is 1.69. The second-order valence-corrected chi connectivity index (χ2v) is 3.13. The smallest absolute Gasteiger partial charge is 0.389 e. The highest BCUT2D eigenvalue weighted by molar-refractivity contribution is 4.55. The molecule has 0 rings (SSSR count). The number of alkyl halides is 3. The third-order valence-electron chi connectivity index (χ3n) is 1.50. The molecule has 13 heavy (non-hydrogen) atoms. The van der Waals surface area contributed by atoms with E-state index in [4.69, 9.17) is 5.11 Å². The first-order valence-electron chi connectivity index (χ1n) is 4.37. The Kier molecular flexibility index (Phi) is 6.07. The van der Waals surface area contributed by atoms with Crippen molar-refractivity contribution in [1.82, 2.24) is 5.32 Å². The molecule has 0 saturated heterocycles. The SMILES string of the molecule is C[C@H](O)CNCCCCC(F)(F)F. The van der Waals surface area contributed by atoms with Gasteiger partial charge in [-0.3, -0.25) is 0 Å². The molecule has 5 heteroatoms. The molecule has 0 spiro atoms. The molecule has 0 aliphatic rings. The van der Waals surface area contributed by atoms with Crippen molar-refractivity contribution in [3.63, 3.8) is 0 Å². The summed E-state index contributed by atoms with van der Waals surface area (Å²) in [5.74, 6) is 0. The second kappa shape index (κ2) is 6.21. The number of aliphatic hydroxyl groups is 1. The molecule has 0 bridgehead atoms. The zero-order valence-electron chi connectivity index (χ0n) is 7.69. The van der Waals surface area contributed by atoms with Crippen LogP contribution in [0.1, 0.15) is 26.2 Å². The van der Waals surface area contributed by atoms with E-state index in [1.807, 2.05) is 0 Å². The summed E-state index contributed by atoms with van der Waals surface area (Å²) >= 11 is 0. The number of nitrogens with one attached hydrogen (secondary N) is 1. The van der Waals surface area contributed by atoms with Crippen molar-refractivity contribution >= 4 is 0 Å². The first-order valence-corrected chi connectivity index (χ1v) is 4.37. The summed E-state index contributed by atoms with van der Waals surface area (Å²) in [7, 11) is 0. The van der Waals surface area contributed by atoms with E-state index in [0.717, 1.165) is 0 Å². The van der Waals surface area contributed by atoms with E-state index in [9.17, 15) is 13.2 Å². The van der Waals surface area contributed by atoms with Crippen molar-refractivity contribution in [2.24, 2.45) is 0 Å². The molecule has 0 amide bonds. The van der Waals surface area contributed by atoms with Gasteiger partial charge in [-0.1, -0.05) is 0 Å². The molecule has 0 radical (unpaired) electrons. The Morgan fingerprint density at radius 3 is 2.38 bits per heavy atom. The summed E-state index contributed by atoms with van der Waals surface area (Å²) < 4.78 is 34.9. The van der Waals surface area contributed by atoms with Gasteiger partial charge in [0.25, 0.3) is 0 Å². The predicted molar refractivity (Wildman–Crippen MR) is 44.5 cm³/mol. The van der Waals surface area contributed by atoms with Gasteiger partial charge in [-0.2, -0.15) is 13.2 Å². The van der Waals surface area contributed by atoms with E-state index in [0.29, 0.717) is 19.5 Å². The van der Waals surface area contributed by atoms with E-state index in [2.05, 4.69) is 5.32 Å². The van der Waals surface area contributed by atoms with Crippen LogP contribution in [-0.2, 0) is 0 Å². The maximum absolute atomic E-state index is 11.6. The average molecular weight is 199 g/mol. The Morgan fingerprint density at radius 1 is 1.31 bits per heavy atom. The minimum atomic E-state index is -4.04. The van der Waals surface area contributed by atoms with E-state index in [1.165, 1.54) is 0 Å². The fourth-order valence-corrected chi connectivity index (χ4v) is 0.886. The molecule has 80 valence electrons. The lowest BCUT2D eigenvalue weighted by molar-refractivity contribution is -0.135. The molecule has 1 atom stereocenters. The lowest BCUT2D eigenvalue weighted by Gasteiger charge is -2.07. The fraction of sp³-hybridized carbons (Fsp3) is 1.00. The van der Waals surface area contributed by atoms with Crippen LogP contribution in [0.4, 0.5) is 13.2 Å². The molecule has 0 aromatic heterocycles. The van der Waals surface area contributed by atoms with Gasteiger partial charge in [-0.25, -0.2) is 0 Å². The summed E-state index contributed by atoms with van der Waals surface area (Å²) in [6, 6.07) is 0. The number of aliphatic hydroxyl groups excluding tert-OH is 1. The van der Waals surface area contributed by atoms with Crippen LogP contribution in [0.2, 0.25) is 0 Å². The van der Waals surface area contributed by atoms with Crippen molar-refractivity contribution in [2.45, 2.75) is 38.5 Å². The van der Waals surface area contributed by atoms with Crippen molar-refractivity contribution in [3.8, 4) is 0 Å². The Balaban J connectivity index is 3.09. The van der Waals surface area contributed by atoms with E-state index < -0.39 is 18.7 Å². The van der Waals surface area contributed by atoms with Gasteiger partial charge in [0.15, 0.2) is 0 Å². The standard InChI is InChI=1S/C8H16F3NO/c1-7(13)6-12-5-3-2-4-8(9,10)11/h7,12-13H,2-6H2,1H3/t7-/m0/s1. The zero-order valence-corrected chi connectivity index (χ0v) is 7.69. The van der Waals surface area contributed by atoms with Gasteiger partial charge in [0.05, 0.1) is 6.10 Å². The highest BCUT2D eigenvalue weighted by atomic mass is 19.4. The summed E-state index contributed by atoms with van der Waals surface area (Å²) in [4.78, 5) is 0. The topological polar surface area (TPSA) is 32.3 Å². The molecule has 2 nitrogen and oxygen atoms in total. The van der Waals surface area contributed by atoms with Crippen LogP contribution < -0.4 is 5.32 Å². The van der Waals surface area contributed by atoms with Gasteiger partial charge in [-0.15, -0.1) is 0 Å². The summed E-state index contributed by atoms with van der Waals surface area (Å²) in [6.45, 7) is 2.59. The van der Waals surface area contributed by atoms with Gasteiger partial charge in [0, 0.05) is 13.0 Å². The molecular weight excluding hydrogens is 183 g/mol. The van der Waals surface area contributed by atoms with Crippen LogP contribution in [0.5, 0.6) is 0 Å². The van der Waals surface area contributed by atoms with E-state index in [-0.39, 0.29) is 6.42 Å². The van der Waals surface area contributed by atoms with Crippen LogP contribution >= 0.6 is 0 Å². The molecule has 0 saturated carbocycles. The van der Waals surface area contributed by atoms with E-state index in [1.54, 1.807) is 6.92 Å². The number of hydrogen-bond donors (Lipinski definition) is 2. The summed E-state index contributed by atoms with van der Waals surface area (Å²) in [5, 5.41) is 11.6. The van der Waals surface area contributed by atoms with Crippen molar-refractivity contribution in [1.29, 1.82) is 0 Å². The fourth-order valence-electron chi connectivity index (χ4n) is 0.886. The normalized spacial score (nSPS) is 14.5. The Hall–Kier alpha value is -0.290. The van der Waals surface area contributed by atoms with Crippen LogP contribution in [0, 0.1) is 0 Å². The minimum Gasteiger partial charge on any atom is -0.392 e. The number of hydrogen-bond acceptors (Lipinski definition) is 2. The first-order chi connectivity index (χ1) is 5.92. The molecular formula is C8H16F3NO. The molecule has 0 aromatic rings. The summed E-state index contributed by atoms with van der Waals surface area (Å²) in [6.07, 6.45) is -4.56. The highest BCUT2D eigenvalue weighted by Gasteiger charge is 2.25. The highest BCUT2D eigenvalue weighted by Crippen LogP contribution is 2.21. The monoisotopic (exact) mass is 199 g/mol. The van der Waals surface area contributed by atoms with Crippen LogP contribution in [-0.4, -0.2) is 30.5 Å². The molecule has 0 aliphatic carbocycles. The Bertz CT molecular complexity index is 125. The third-order valence-corrected chi connectivity index (χ3v) is 1.50. The van der Waals surface area contributed by atoms with Crippen molar-refractivity contribution < 1.29 is 18.3 Å². The van der Waals surface area contributed by atoms with Gasteiger partial charge >= 0.3 is 6.18 Å². The van der Waals surface area contributed by atoms with Crippen molar-refractivity contribution in [3.05, 3.63) is 0 Å². The molecule has 2 N–H and O–H groups in total. The lowest BCUT2D eigenvalue weighted by Crippen LogP contribution is -2.25. The van der Waals surface area contributed by atoms with Gasteiger partial charge in [0.1, 0.15) is 0 Å². The van der Waals surface area contributed by atoms with Crippen molar-refractivity contribution in [2.75, 3.05) is 13.1 Å².